The van der Waals surface area contributed by atoms with E-state index in [-0.39, 0.29) is 11.9 Å². The Kier molecular flexibility index (Phi) is 6.73. The second-order valence-corrected chi connectivity index (χ2v) is 8.58. The highest BCUT2D eigenvalue weighted by atomic mass is 35.5. The predicted octanol–water partition coefficient (Wildman–Crippen LogP) is 5.00. The number of rotatable bonds is 7. The molecule has 162 valence electrons. The molecule has 3 aromatic rings. The van der Waals surface area contributed by atoms with Crippen LogP contribution in [0.25, 0.3) is 5.69 Å². The molecule has 1 amide bonds. The predicted molar refractivity (Wildman–Crippen MR) is 123 cm³/mol. The van der Waals surface area contributed by atoms with Crippen molar-refractivity contribution in [1.29, 1.82) is 0 Å². The third-order valence-electron chi connectivity index (χ3n) is 5.41. The minimum atomic E-state index is -0.0193. The minimum Gasteiger partial charge on any atom is -0.497 e. The summed E-state index contributed by atoms with van der Waals surface area (Å²) in [6.45, 7) is 0.732. The zero-order chi connectivity index (χ0) is 21.8. The first kappa shape index (κ1) is 21.6. The molecule has 8 heteroatoms. The Morgan fingerprint density at radius 2 is 2.00 bits per heavy atom. The van der Waals surface area contributed by atoms with Gasteiger partial charge in [0.05, 0.1) is 26.0 Å². The van der Waals surface area contributed by atoms with Crippen LogP contribution in [0.15, 0.2) is 60.0 Å². The highest BCUT2D eigenvalue weighted by molar-refractivity contribution is 7.99. The quantitative estimate of drug-likeness (QED) is 0.467. The van der Waals surface area contributed by atoms with Crippen LogP contribution in [0, 0.1) is 0 Å². The number of imidazole rings is 1. The first-order chi connectivity index (χ1) is 15.1. The van der Waals surface area contributed by atoms with Crippen LogP contribution in [0.4, 0.5) is 0 Å². The van der Waals surface area contributed by atoms with E-state index in [0.717, 1.165) is 47.3 Å². The van der Waals surface area contributed by atoms with E-state index < -0.39 is 0 Å². The zero-order valence-corrected chi connectivity index (χ0v) is 19.0. The molecule has 1 aliphatic rings. The number of aromatic nitrogens is 2. The molecule has 0 aliphatic carbocycles. The molecular weight excluding hydrogens is 434 g/mol. The number of benzene rings is 2. The van der Waals surface area contributed by atoms with Gasteiger partial charge in [-0.1, -0.05) is 23.4 Å². The number of thioether (sulfide) groups is 1. The third-order valence-corrected chi connectivity index (χ3v) is 6.61. The summed E-state index contributed by atoms with van der Waals surface area (Å²) in [6.07, 6.45) is 5.48. The number of carbonyl (C=O) groups is 1. The van der Waals surface area contributed by atoms with E-state index >= 15 is 0 Å². The lowest BCUT2D eigenvalue weighted by Crippen LogP contribution is -2.32. The molecule has 31 heavy (non-hydrogen) atoms. The fourth-order valence-electron chi connectivity index (χ4n) is 3.89. The summed E-state index contributed by atoms with van der Waals surface area (Å²) in [7, 11) is 3.29. The van der Waals surface area contributed by atoms with Crippen molar-refractivity contribution < 1.29 is 14.3 Å². The lowest BCUT2D eigenvalue weighted by Gasteiger charge is -2.26. The van der Waals surface area contributed by atoms with Gasteiger partial charge in [0.25, 0.3) is 0 Å². The van der Waals surface area contributed by atoms with Crippen molar-refractivity contribution in [2.24, 2.45) is 0 Å². The molecule has 4 rings (SSSR count). The summed E-state index contributed by atoms with van der Waals surface area (Å²) in [5.41, 5.74) is 1.94. The normalized spacial score (nSPS) is 15.8. The topological polar surface area (TPSA) is 56.6 Å². The number of carbonyl (C=O) groups excluding carboxylic acids is 1. The van der Waals surface area contributed by atoms with Gasteiger partial charge in [0.2, 0.25) is 5.91 Å². The summed E-state index contributed by atoms with van der Waals surface area (Å²) in [4.78, 5) is 19.5. The van der Waals surface area contributed by atoms with E-state index in [2.05, 4.69) is 4.98 Å². The van der Waals surface area contributed by atoms with Gasteiger partial charge in [-0.2, -0.15) is 0 Å². The molecule has 0 N–H and O–H groups in total. The van der Waals surface area contributed by atoms with Crippen LogP contribution in [0.5, 0.6) is 11.5 Å². The molecule has 1 atom stereocenters. The van der Waals surface area contributed by atoms with Crippen LogP contribution in [0.3, 0.4) is 0 Å². The van der Waals surface area contributed by atoms with Gasteiger partial charge in [-0.05, 0) is 55.3 Å². The van der Waals surface area contributed by atoms with Crippen molar-refractivity contribution in [2.75, 3.05) is 26.5 Å². The van der Waals surface area contributed by atoms with Gasteiger partial charge < -0.3 is 14.4 Å². The van der Waals surface area contributed by atoms with Crippen LogP contribution in [0.2, 0.25) is 5.02 Å². The maximum Gasteiger partial charge on any atom is 0.233 e. The van der Waals surface area contributed by atoms with Gasteiger partial charge in [-0.25, -0.2) is 4.98 Å². The van der Waals surface area contributed by atoms with Crippen LogP contribution in [0.1, 0.15) is 24.4 Å². The van der Waals surface area contributed by atoms with Gasteiger partial charge in [-0.3, -0.25) is 9.36 Å². The van der Waals surface area contributed by atoms with Crippen LogP contribution in [-0.2, 0) is 4.79 Å². The monoisotopic (exact) mass is 457 g/mol. The second kappa shape index (κ2) is 9.66. The average molecular weight is 458 g/mol. The van der Waals surface area contributed by atoms with Crippen LogP contribution < -0.4 is 9.47 Å². The van der Waals surface area contributed by atoms with Crippen molar-refractivity contribution in [1.82, 2.24) is 14.5 Å². The standard InChI is InChI=1S/C23H24ClN3O3S/c1-29-18-9-10-21(30-2)19(14-18)20-4-3-12-27(20)22(28)15-31-23-25-11-13-26(23)17-7-5-16(24)6-8-17/h5-11,13-14,20H,3-4,12,15H2,1-2H3. The number of halogens is 1. The summed E-state index contributed by atoms with van der Waals surface area (Å²) in [5, 5.41) is 1.45. The molecule has 1 aliphatic heterocycles. The van der Waals surface area contributed by atoms with E-state index in [1.807, 2.05) is 58.1 Å². The van der Waals surface area contributed by atoms with Gasteiger partial charge in [0.1, 0.15) is 11.5 Å². The largest absolute Gasteiger partial charge is 0.497 e. The van der Waals surface area contributed by atoms with Crippen molar-refractivity contribution in [3.05, 3.63) is 65.4 Å². The smallest absolute Gasteiger partial charge is 0.233 e. The Morgan fingerprint density at radius 3 is 2.74 bits per heavy atom. The first-order valence-corrected chi connectivity index (χ1v) is 11.4. The first-order valence-electron chi connectivity index (χ1n) is 10.0. The Hall–Kier alpha value is -2.64. The Labute approximate surface area is 191 Å². The summed E-state index contributed by atoms with van der Waals surface area (Å²) >= 11 is 7.43. The van der Waals surface area contributed by atoms with Crippen molar-refractivity contribution >= 4 is 29.3 Å². The lowest BCUT2D eigenvalue weighted by atomic mass is 10.0. The second-order valence-electron chi connectivity index (χ2n) is 7.20. The molecule has 0 bridgehead atoms. The summed E-state index contributed by atoms with van der Waals surface area (Å²) < 4.78 is 12.9. The number of methoxy groups -OCH3 is 2. The summed E-state index contributed by atoms with van der Waals surface area (Å²) in [5.74, 6) is 1.93. The number of likely N-dealkylation sites (tertiary alicyclic amines) is 1. The number of hydrogen-bond acceptors (Lipinski definition) is 5. The molecule has 2 heterocycles. The van der Waals surface area contributed by atoms with Crippen molar-refractivity contribution in [3.63, 3.8) is 0 Å². The molecule has 0 spiro atoms. The Morgan fingerprint density at radius 1 is 1.19 bits per heavy atom. The van der Waals surface area contributed by atoms with Gasteiger partial charge >= 0.3 is 0 Å². The number of ether oxygens (including phenoxy) is 2. The number of nitrogens with zero attached hydrogens (tertiary/aromatic N) is 3. The summed E-state index contributed by atoms with van der Waals surface area (Å²) in [6, 6.07) is 13.3. The maximum absolute atomic E-state index is 13.1. The van der Waals surface area contributed by atoms with Gasteiger partial charge in [0.15, 0.2) is 5.16 Å². The molecule has 0 radical (unpaired) electrons. The lowest BCUT2D eigenvalue weighted by molar-refractivity contribution is -0.129. The third kappa shape index (κ3) is 4.67. The molecule has 1 fully saturated rings. The van der Waals surface area contributed by atoms with E-state index in [4.69, 9.17) is 21.1 Å². The van der Waals surface area contributed by atoms with Crippen molar-refractivity contribution in [3.8, 4) is 17.2 Å². The average Bonchev–Trinajstić information content (AvgIpc) is 3.47. The van der Waals surface area contributed by atoms with E-state index in [0.29, 0.717) is 10.8 Å². The molecule has 2 aromatic carbocycles. The van der Waals surface area contributed by atoms with Crippen molar-refractivity contribution in [2.45, 2.75) is 24.0 Å². The highest BCUT2D eigenvalue weighted by Gasteiger charge is 2.32. The minimum absolute atomic E-state index is 0.0193. The van der Waals surface area contributed by atoms with E-state index in [1.165, 1.54) is 11.8 Å². The van der Waals surface area contributed by atoms with E-state index in [1.54, 1.807) is 20.4 Å². The molecule has 1 unspecified atom stereocenters. The highest BCUT2D eigenvalue weighted by Crippen LogP contribution is 2.39. The molecule has 1 saturated heterocycles. The SMILES string of the molecule is COc1ccc(OC)c(C2CCCN2C(=O)CSc2nccn2-c2ccc(Cl)cc2)c1. The Bertz CT molecular complexity index is 1050. The van der Waals surface area contributed by atoms with Gasteiger partial charge in [0, 0.05) is 35.2 Å². The molecule has 6 nitrogen and oxygen atoms in total. The number of amides is 1. The maximum atomic E-state index is 13.1. The fourth-order valence-corrected chi connectivity index (χ4v) is 4.88. The Balaban J connectivity index is 1.48. The van der Waals surface area contributed by atoms with Crippen LogP contribution >= 0.6 is 23.4 Å². The van der Waals surface area contributed by atoms with Crippen LogP contribution in [-0.4, -0.2) is 46.9 Å². The molecule has 0 saturated carbocycles. The fraction of sp³-hybridized carbons (Fsp3) is 0.304. The van der Waals surface area contributed by atoms with E-state index in [9.17, 15) is 4.79 Å². The zero-order valence-electron chi connectivity index (χ0n) is 17.5. The van der Waals surface area contributed by atoms with Gasteiger partial charge in [-0.15, -0.1) is 0 Å². The number of hydrogen-bond donors (Lipinski definition) is 0. The molecule has 1 aromatic heterocycles. The molecular formula is C23H24ClN3O3S.